The fourth-order valence-electron chi connectivity index (χ4n) is 2.25. The molecule has 6 nitrogen and oxygen atoms in total. The molecule has 1 amide bonds. The van der Waals surface area contributed by atoms with Gasteiger partial charge in [-0.2, -0.15) is 9.78 Å². The van der Waals surface area contributed by atoms with Crippen LogP contribution in [0.25, 0.3) is 5.69 Å². The van der Waals surface area contributed by atoms with E-state index in [0.717, 1.165) is 16.8 Å². The molecule has 0 unspecified atom stereocenters. The molecule has 1 heterocycles. The van der Waals surface area contributed by atoms with Crippen LogP contribution in [-0.4, -0.2) is 22.1 Å². The topological polar surface area (TPSA) is 73.2 Å². The first-order valence-electron chi connectivity index (χ1n) is 7.65. The van der Waals surface area contributed by atoms with Crippen molar-refractivity contribution in [1.82, 2.24) is 9.78 Å². The van der Waals surface area contributed by atoms with Gasteiger partial charge in [-0.1, -0.05) is 24.3 Å². The molecule has 2 aromatic carbocycles. The van der Waals surface area contributed by atoms with E-state index in [-0.39, 0.29) is 11.4 Å². The minimum atomic E-state index is -4.84. The number of para-hydroxylation sites is 1. The fraction of sp³-hybridized carbons (Fsp3) is 0.0556. The Bertz CT molecular complexity index is 1020. The predicted molar refractivity (Wildman–Crippen MR) is 90.9 cm³/mol. The summed E-state index contributed by atoms with van der Waals surface area (Å²) in [6, 6.07) is 15.7. The number of nitrogens with one attached hydrogen (secondary N) is 1. The smallest absolute Gasteiger partial charge is 0.406 e. The lowest BCUT2D eigenvalue weighted by Crippen LogP contribution is -2.24. The fourth-order valence-corrected chi connectivity index (χ4v) is 2.25. The summed E-state index contributed by atoms with van der Waals surface area (Å²) < 4.78 is 41.7. The minimum Gasteiger partial charge on any atom is -0.406 e. The first kappa shape index (κ1) is 18.2. The van der Waals surface area contributed by atoms with E-state index < -0.39 is 23.6 Å². The summed E-state index contributed by atoms with van der Waals surface area (Å²) >= 11 is 0. The van der Waals surface area contributed by atoms with E-state index >= 15 is 0 Å². The highest BCUT2D eigenvalue weighted by atomic mass is 19.4. The maximum Gasteiger partial charge on any atom is 0.573 e. The van der Waals surface area contributed by atoms with E-state index in [1.54, 1.807) is 30.3 Å². The zero-order valence-electron chi connectivity index (χ0n) is 13.6. The summed E-state index contributed by atoms with van der Waals surface area (Å²) in [5.74, 6) is -1.16. The van der Waals surface area contributed by atoms with Gasteiger partial charge in [0.05, 0.1) is 5.69 Å². The van der Waals surface area contributed by atoms with Gasteiger partial charge in [0.1, 0.15) is 11.4 Å². The molecule has 0 bridgehead atoms. The van der Waals surface area contributed by atoms with Gasteiger partial charge in [0.15, 0.2) is 0 Å². The van der Waals surface area contributed by atoms with Crippen molar-refractivity contribution in [3.05, 3.63) is 82.8 Å². The van der Waals surface area contributed by atoms with Crippen molar-refractivity contribution in [3.63, 3.8) is 0 Å². The van der Waals surface area contributed by atoms with Gasteiger partial charge < -0.3 is 10.1 Å². The SMILES string of the molecule is O=C(Nc1cccc(OC(F)(F)F)c1)c1ccc(=O)n(-c2ccccc2)n1. The van der Waals surface area contributed by atoms with Crippen molar-refractivity contribution in [2.75, 3.05) is 5.32 Å². The first-order chi connectivity index (χ1) is 12.8. The van der Waals surface area contributed by atoms with Gasteiger partial charge in [0.2, 0.25) is 0 Å². The molecule has 0 fully saturated rings. The van der Waals surface area contributed by atoms with Crippen LogP contribution < -0.4 is 15.6 Å². The number of benzene rings is 2. The highest BCUT2D eigenvalue weighted by Crippen LogP contribution is 2.25. The van der Waals surface area contributed by atoms with Crippen LogP contribution in [0.5, 0.6) is 5.75 Å². The van der Waals surface area contributed by atoms with Gasteiger partial charge in [0, 0.05) is 17.8 Å². The molecular weight excluding hydrogens is 363 g/mol. The van der Waals surface area contributed by atoms with Crippen LogP contribution in [0, 0.1) is 0 Å². The van der Waals surface area contributed by atoms with Crippen LogP contribution in [0.2, 0.25) is 0 Å². The minimum absolute atomic E-state index is 0.0828. The predicted octanol–water partition coefficient (Wildman–Crippen LogP) is 3.38. The van der Waals surface area contributed by atoms with Crippen LogP contribution in [0.3, 0.4) is 0 Å². The van der Waals surface area contributed by atoms with E-state index in [0.29, 0.717) is 5.69 Å². The largest absolute Gasteiger partial charge is 0.573 e. The Morgan fingerprint density at radius 1 is 1.00 bits per heavy atom. The second kappa shape index (κ2) is 7.32. The van der Waals surface area contributed by atoms with E-state index in [2.05, 4.69) is 15.2 Å². The average Bonchev–Trinajstić information content (AvgIpc) is 2.61. The maximum absolute atomic E-state index is 12.4. The number of halogens is 3. The average molecular weight is 375 g/mol. The highest BCUT2D eigenvalue weighted by molar-refractivity contribution is 6.02. The van der Waals surface area contributed by atoms with E-state index in [1.165, 1.54) is 24.3 Å². The molecule has 0 spiro atoms. The van der Waals surface area contributed by atoms with Crippen LogP contribution in [0.15, 0.2) is 71.5 Å². The monoisotopic (exact) mass is 375 g/mol. The van der Waals surface area contributed by atoms with E-state index in [4.69, 9.17) is 0 Å². The van der Waals surface area contributed by atoms with Gasteiger partial charge in [-0.05, 0) is 30.3 Å². The van der Waals surface area contributed by atoms with Gasteiger partial charge in [-0.3, -0.25) is 9.59 Å². The normalized spacial score (nSPS) is 11.1. The second-order valence-corrected chi connectivity index (χ2v) is 5.33. The number of aromatic nitrogens is 2. The molecule has 3 aromatic rings. The van der Waals surface area contributed by atoms with E-state index in [9.17, 15) is 22.8 Å². The van der Waals surface area contributed by atoms with Crippen molar-refractivity contribution in [2.24, 2.45) is 0 Å². The molecule has 0 radical (unpaired) electrons. The third kappa shape index (κ3) is 4.72. The molecule has 138 valence electrons. The number of anilines is 1. The number of hydrogen-bond donors (Lipinski definition) is 1. The molecule has 1 aromatic heterocycles. The molecule has 3 rings (SSSR count). The van der Waals surface area contributed by atoms with Gasteiger partial charge >= 0.3 is 6.36 Å². The highest BCUT2D eigenvalue weighted by Gasteiger charge is 2.31. The Kier molecular flexibility index (Phi) is 4.93. The number of amides is 1. The number of ether oxygens (including phenoxy) is 1. The number of nitrogens with zero attached hydrogens (tertiary/aromatic N) is 2. The van der Waals surface area contributed by atoms with Crippen molar-refractivity contribution in [3.8, 4) is 11.4 Å². The van der Waals surface area contributed by atoms with Crippen molar-refractivity contribution < 1.29 is 22.7 Å². The Morgan fingerprint density at radius 3 is 2.44 bits per heavy atom. The van der Waals surface area contributed by atoms with Crippen LogP contribution in [-0.2, 0) is 0 Å². The molecule has 0 aliphatic heterocycles. The molecule has 9 heteroatoms. The molecule has 0 saturated carbocycles. The standard InChI is InChI=1S/C18H12F3N3O3/c19-18(20,21)27-14-8-4-5-12(11-14)22-17(26)15-9-10-16(25)24(23-15)13-6-2-1-3-7-13/h1-11H,(H,22,26). The first-order valence-corrected chi connectivity index (χ1v) is 7.65. The summed E-state index contributed by atoms with van der Waals surface area (Å²) in [6.45, 7) is 0. The van der Waals surface area contributed by atoms with Crippen LogP contribution in [0.1, 0.15) is 10.5 Å². The number of carbonyl (C=O) groups excluding carboxylic acids is 1. The Morgan fingerprint density at radius 2 is 1.74 bits per heavy atom. The van der Waals surface area contributed by atoms with Crippen molar-refractivity contribution in [2.45, 2.75) is 6.36 Å². The summed E-state index contributed by atoms with van der Waals surface area (Å²) in [7, 11) is 0. The molecule has 0 aliphatic carbocycles. The lowest BCUT2D eigenvalue weighted by Gasteiger charge is -2.11. The number of alkyl halides is 3. The summed E-state index contributed by atoms with van der Waals surface area (Å²) in [5.41, 5.74) is 0.0395. The van der Waals surface area contributed by atoms with Crippen molar-refractivity contribution in [1.29, 1.82) is 0 Å². The third-order valence-electron chi connectivity index (χ3n) is 3.36. The molecule has 1 N–H and O–H groups in total. The maximum atomic E-state index is 12.4. The molecular formula is C18H12F3N3O3. The van der Waals surface area contributed by atoms with E-state index in [1.807, 2.05) is 0 Å². The third-order valence-corrected chi connectivity index (χ3v) is 3.36. The summed E-state index contributed by atoms with van der Waals surface area (Å²) in [6.07, 6.45) is -4.84. The lowest BCUT2D eigenvalue weighted by molar-refractivity contribution is -0.274. The number of carbonyl (C=O) groups is 1. The zero-order valence-corrected chi connectivity index (χ0v) is 13.6. The summed E-state index contributed by atoms with van der Waals surface area (Å²) in [4.78, 5) is 24.3. The zero-order chi connectivity index (χ0) is 19.4. The van der Waals surface area contributed by atoms with Gasteiger partial charge in [-0.25, -0.2) is 0 Å². The van der Waals surface area contributed by atoms with Crippen molar-refractivity contribution >= 4 is 11.6 Å². The Hall–Kier alpha value is -3.62. The quantitative estimate of drug-likeness (QED) is 0.759. The second-order valence-electron chi connectivity index (χ2n) is 5.33. The Labute approximate surface area is 150 Å². The Balaban J connectivity index is 1.83. The number of hydrogen-bond acceptors (Lipinski definition) is 4. The lowest BCUT2D eigenvalue weighted by atomic mass is 10.3. The van der Waals surface area contributed by atoms with Gasteiger partial charge in [0.25, 0.3) is 11.5 Å². The summed E-state index contributed by atoms with van der Waals surface area (Å²) in [5, 5.41) is 6.42. The molecule has 0 atom stereocenters. The molecule has 27 heavy (non-hydrogen) atoms. The molecule has 0 aliphatic rings. The van der Waals surface area contributed by atoms with Crippen LogP contribution in [0.4, 0.5) is 18.9 Å². The van der Waals surface area contributed by atoms with Crippen LogP contribution >= 0.6 is 0 Å². The number of rotatable bonds is 4. The molecule has 0 saturated heterocycles. The van der Waals surface area contributed by atoms with Gasteiger partial charge in [-0.15, -0.1) is 13.2 Å².